The first-order valence-electron chi connectivity index (χ1n) is 4.85. The van der Waals surface area contributed by atoms with Crippen LogP contribution in [0.25, 0.3) is 0 Å². The lowest BCUT2D eigenvalue weighted by Crippen LogP contribution is -2.15. The normalized spacial score (nSPS) is 11.3. The Morgan fingerprint density at radius 2 is 1.68 bits per heavy atom. The van der Waals surface area contributed by atoms with E-state index in [1.165, 1.54) is 24.4 Å². The number of hydrogen-bond donors (Lipinski definition) is 1. The highest BCUT2D eigenvalue weighted by Crippen LogP contribution is 2.30. The van der Waals surface area contributed by atoms with Gasteiger partial charge in [0.2, 0.25) is 5.28 Å². The van der Waals surface area contributed by atoms with Crippen molar-refractivity contribution in [1.82, 2.24) is 9.97 Å². The van der Waals surface area contributed by atoms with Gasteiger partial charge in [-0.15, -0.1) is 0 Å². The van der Waals surface area contributed by atoms with Gasteiger partial charge in [0.25, 0.3) is 10.0 Å². The Labute approximate surface area is 124 Å². The molecule has 2 rings (SSSR count). The average molecular weight is 339 g/mol. The number of nitrogens with one attached hydrogen (secondary N) is 1. The largest absolute Gasteiger partial charge is 0.266 e. The minimum absolute atomic E-state index is 0.0140. The Hall–Kier alpha value is -1.08. The van der Waals surface area contributed by atoms with Gasteiger partial charge >= 0.3 is 0 Å². The molecule has 1 aromatic heterocycles. The molecule has 100 valence electrons. The molecular formula is C10H6Cl3N3O2S. The molecule has 0 aliphatic heterocycles. The third-order valence-corrected chi connectivity index (χ3v) is 4.54. The van der Waals surface area contributed by atoms with E-state index in [0.29, 0.717) is 0 Å². The van der Waals surface area contributed by atoms with Crippen molar-refractivity contribution in [3.8, 4) is 0 Å². The second-order valence-corrected chi connectivity index (χ2v) is 6.14. The van der Waals surface area contributed by atoms with Gasteiger partial charge < -0.3 is 0 Å². The summed E-state index contributed by atoms with van der Waals surface area (Å²) >= 11 is 17.3. The number of benzene rings is 1. The van der Waals surface area contributed by atoms with Gasteiger partial charge in [0, 0.05) is 6.20 Å². The van der Waals surface area contributed by atoms with Crippen molar-refractivity contribution in [2.75, 3.05) is 4.72 Å². The van der Waals surface area contributed by atoms with Crippen molar-refractivity contribution in [2.45, 2.75) is 4.90 Å². The Morgan fingerprint density at radius 3 is 2.26 bits per heavy atom. The summed E-state index contributed by atoms with van der Waals surface area (Å²) in [6.45, 7) is 0. The minimum Gasteiger partial charge on any atom is -0.263 e. The van der Waals surface area contributed by atoms with Gasteiger partial charge in [0.05, 0.1) is 10.0 Å². The summed E-state index contributed by atoms with van der Waals surface area (Å²) in [7, 11) is -3.95. The molecule has 9 heteroatoms. The predicted octanol–water partition coefficient (Wildman–Crippen LogP) is 3.24. The number of anilines is 1. The van der Waals surface area contributed by atoms with Crippen molar-refractivity contribution in [3.63, 3.8) is 0 Å². The highest BCUT2D eigenvalue weighted by Gasteiger charge is 2.22. The fourth-order valence-corrected chi connectivity index (χ4v) is 3.61. The maximum Gasteiger partial charge on any atom is 0.266 e. The minimum atomic E-state index is -3.95. The third kappa shape index (κ3) is 3.27. The zero-order valence-corrected chi connectivity index (χ0v) is 12.2. The van der Waals surface area contributed by atoms with E-state index in [-0.39, 0.29) is 26.0 Å². The lowest BCUT2D eigenvalue weighted by Gasteiger charge is -2.10. The Morgan fingerprint density at radius 1 is 1.05 bits per heavy atom. The molecule has 0 fully saturated rings. The van der Waals surface area contributed by atoms with Crippen molar-refractivity contribution in [2.24, 2.45) is 0 Å². The Balaban J connectivity index is 2.44. The second-order valence-electron chi connectivity index (χ2n) is 3.37. The van der Waals surface area contributed by atoms with E-state index in [4.69, 9.17) is 34.8 Å². The number of halogens is 3. The molecule has 1 N–H and O–H groups in total. The number of rotatable bonds is 3. The summed E-state index contributed by atoms with van der Waals surface area (Å²) < 4.78 is 26.6. The SMILES string of the molecule is O=S(=O)(Nc1ccnc(Cl)n1)c1c(Cl)cccc1Cl. The number of sulfonamides is 1. The molecule has 0 unspecified atom stereocenters. The molecular weight excluding hydrogens is 333 g/mol. The van der Waals surface area contributed by atoms with E-state index >= 15 is 0 Å². The highest BCUT2D eigenvalue weighted by molar-refractivity contribution is 7.93. The quantitative estimate of drug-likeness (QED) is 0.872. The van der Waals surface area contributed by atoms with Crippen LogP contribution in [0.5, 0.6) is 0 Å². The zero-order chi connectivity index (χ0) is 14.0. The summed E-state index contributed by atoms with van der Waals surface area (Å²) in [6, 6.07) is 5.75. The lowest BCUT2D eigenvalue weighted by atomic mass is 10.4. The fourth-order valence-electron chi connectivity index (χ4n) is 1.32. The standard InChI is InChI=1S/C10H6Cl3N3O2S/c11-6-2-1-3-7(12)9(6)19(17,18)16-8-4-5-14-10(13)15-8/h1-5H,(H,14,15,16). The molecule has 0 saturated heterocycles. The van der Waals surface area contributed by atoms with E-state index in [0.717, 1.165) is 0 Å². The van der Waals surface area contributed by atoms with Crippen LogP contribution in [0.1, 0.15) is 0 Å². The summed E-state index contributed by atoms with van der Waals surface area (Å²) in [5.41, 5.74) is 0. The van der Waals surface area contributed by atoms with E-state index in [2.05, 4.69) is 14.7 Å². The van der Waals surface area contributed by atoms with E-state index < -0.39 is 10.0 Å². The molecule has 0 spiro atoms. The smallest absolute Gasteiger partial charge is 0.263 e. The van der Waals surface area contributed by atoms with Gasteiger partial charge in [-0.05, 0) is 29.8 Å². The fraction of sp³-hybridized carbons (Fsp3) is 0. The van der Waals surface area contributed by atoms with Crippen LogP contribution in [-0.2, 0) is 10.0 Å². The van der Waals surface area contributed by atoms with Crippen LogP contribution in [0.2, 0.25) is 15.3 Å². The monoisotopic (exact) mass is 337 g/mol. The average Bonchev–Trinajstić information content (AvgIpc) is 2.27. The molecule has 0 aliphatic carbocycles. The first kappa shape index (κ1) is 14.3. The molecule has 0 amide bonds. The first-order chi connectivity index (χ1) is 8.90. The summed E-state index contributed by atoms with van der Waals surface area (Å²) in [5, 5.41) is -0.0502. The summed E-state index contributed by atoms with van der Waals surface area (Å²) in [4.78, 5) is 7.15. The molecule has 0 bridgehead atoms. The highest BCUT2D eigenvalue weighted by atomic mass is 35.5. The Kier molecular flexibility index (Phi) is 4.15. The van der Waals surface area contributed by atoms with Gasteiger partial charge in [0.1, 0.15) is 10.7 Å². The van der Waals surface area contributed by atoms with Gasteiger partial charge in [-0.1, -0.05) is 29.3 Å². The number of nitrogens with zero attached hydrogens (tertiary/aromatic N) is 2. The van der Waals surface area contributed by atoms with Crippen molar-refractivity contribution in [1.29, 1.82) is 0 Å². The maximum atomic E-state index is 12.2. The lowest BCUT2D eigenvalue weighted by molar-refractivity contribution is 0.601. The molecule has 2 aromatic rings. The van der Waals surface area contributed by atoms with Gasteiger partial charge in [0.15, 0.2) is 0 Å². The summed E-state index contributed by atoms with van der Waals surface area (Å²) in [6.07, 6.45) is 1.32. The maximum absolute atomic E-state index is 12.2. The van der Waals surface area contributed by atoms with Crippen LogP contribution in [0.3, 0.4) is 0 Å². The van der Waals surface area contributed by atoms with Crippen LogP contribution in [0.15, 0.2) is 35.4 Å². The predicted molar refractivity (Wildman–Crippen MR) is 74.3 cm³/mol. The van der Waals surface area contributed by atoms with E-state index in [1.807, 2.05) is 0 Å². The zero-order valence-electron chi connectivity index (χ0n) is 9.14. The first-order valence-corrected chi connectivity index (χ1v) is 7.47. The van der Waals surface area contributed by atoms with Crippen LogP contribution in [0.4, 0.5) is 5.82 Å². The van der Waals surface area contributed by atoms with E-state index in [1.54, 1.807) is 6.07 Å². The molecule has 5 nitrogen and oxygen atoms in total. The van der Waals surface area contributed by atoms with E-state index in [9.17, 15) is 8.42 Å². The van der Waals surface area contributed by atoms with Crippen LogP contribution < -0.4 is 4.72 Å². The third-order valence-electron chi connectivity index (χ3n) is 2.05. The molecule has 0 atom stereocenters. The Bertz CT molecular complexity index is 701. The van der Waals surface area contributed by atoms with Crippen LogP contribution in [-0.4, -0.2) is 18.4 Å². The summed E-state index contributed by atoms with van der Waals surface area (Å²) in [5.74, 6) is 0.0241. The molecule has 19 heavy (non-hydrogen) atoms. The van der Waals surface area contributed by atoms with Crippen molar-refractivity contribution < 1.29 is 8.42 Å². The van der Waals surface area contributed by atoms with Gasteiger partial charge in [-0.2, -0.15) is 4.98 Å². The van der Waals surface area contributed by atoms with Gasteiger partial charge in [-0.3, -0.25) is 4.72 Å². The van der Waals surface area contributed by atoms with Crippen LogP contribution in [0, 0.1) is 0 Å². The second kappa shape index (κ2) is 5.50. The molecule has 0 aliphatic rings. The molecule has 0 radical (unpaired) electrons. The van der Waals surface area contributed by atoms with Crippen molar-refractivity contribution >= 4 is 50.6 Å². The number of aromatic nitrogens is 2. The van der Waals surface area contributed by atoms with Gasteiger partial charge in [-0.25, -0.2) is 13.4 Å². The molecule has 0 saturated carbocycles. The number of hydrogen-bond acceptors (Lipinski definition) is 4. The topological polar surface area (TPSA) is 72.0 Å². The molecule has 1 heterocycles. The molecule has 1 aromatic carbocycles. The van der Waals surface area contributed by atoms with Crippen molar-refractivity contribution in [3.05, 3.63) is 45.8 Å². The van der Waals surface area contributed by atoms with Crippen LogP contribution >= 0.6 is 34.8 Å².